The normalized spacial score (nSPS) is 30.8. The predicted molar refractivity (Wildman–Crippen MR) is 82.1 cm³/mol. The second-order valence-corrected chi connectivity index (χ2v) is 8.74. The summed E-state index contributed by atoms with van der Waals surface area (Å²) in [6, 6.07) is -0.230. The molecule has 1 saturated heterocycles. The lowest BCUT2D eigenvalue weighted by Crippen LogP contribution is -2.56. The van der Waals surface area contributed by atoms with Crippen LogP contribution in [-0.2, 0) is 14.6 Å². The number of sulfone groups is 1. The van der Waals surface area contributed by atoms with Gasteiger partial charge in [-0.15, -0.1) is 0 Å². The topological polar surface area (TPSA) is 74.7 Å². The molecular formula is C15H27NO4S. The zero-order valence-corrected chi connectivity index (χ0v) is 13.6. The van der Waals surface area contributed by atoms with Crippen molar-refractivity contribution in [1.82, 2.24) is 4.90 Å². The molecule has 21 heavy (non-hydrogen) atoms. The predicted octanol–water partition coefficient (Wildman–Crippen LogP) is 1.92. The SMILES string of the molecule is CCCS(=O)(=O)CCN1C(C(=O)O)CCC2CCCCC21. The molecule has 0 aromatic carbocycles. The summed E-state index contributed by atoms with van der Waals surface area (Å²) >= 11 is 0. The lowest BCUT2D eigenvalue weighted by molar-refractivity contribution is -0.147. The highest BCUT2D eigenvalue weighted by Gasteiger charge is 2.41. The molecule has 6 heteroatoms. The molecule has 1 heterocycles. The number of rotatable bonds is 6. The Labute approximate surface area is 127 Å². The highest BCUT2D eigenvalue weighted by molar-refractivity contribution is 7.91. The van der Waals surface area contributed by atoms with Gasteiger partial charge in [-0.05, 0) is 38.0 Å². The Morgan fingerprint density at radius 2 is 1.86 bits per heavy atom. The molecule has 2 aliphatic rings. The van der Waals surface area contributed by atoms with Crippen molar-refractivity contribution in [2.75, 3.05) is 18.1 Å². The fourth-order valence-electron chi connectivity index (χ4n) is 3.97. The summed E-state index contributed by atoms with van der Waals surface area (Å²) in [7, 11) is -3.05. The van der Waals surface area contributed by atoms with E-state index in [2.05, 4.69) is 0 Å². The van der Waals surface area contributed by atoms with E-state index in [0.29, 0.717) is 25.3 Å². The second kappa shape index (κ2) is 7.09. The molecule has 0 aromatic heterocycles. The Morgan fingerprint density at radius 1 is 1.14 bits per heavy atom. The Kier molecular flexibility index (Phi) is 5.66. The standard InChI is InChI=1S/C15H27NO4S/c1-2-10-21(19,20)11-9-16-13-6-4-3-5-12(13)7-8-14(16)15(17)18/h12-14H,2-11H2,1H3,(H,17,18). The first-order chi connectivity index (χ1) is 9.94. The maximum Gasteiger partial charge on any atom is 0.320 e. The summed E-state index contributed by atoms with van der Waals surface area (Å²) in [5.74, 6) is 0.0516. The van der Waals surface area contributed by atoms with Gasteiger partial charge in [-0.1, -0.05) is 19.8 Å². The number of hydrogen-bond acceptors (Lipinski definition) is 4. The van der Waals surface area contributed by atoms with E-state index in [0.717, 1.165) is 25.7 Å². The Morgan fingerprint density at radius 3 is 2.52 bits per heavy atom. The number of likely N-dealkylation sites (tertiary alicyclic amines) is 1. The largest absolute Gasteiger partial charge is 0.480 e. The van der Waals surface area contributed by atoms with Crippen molar-refractivity contribution >= 4 is 15.8 Å². The van der Waals surface area contributed by atoms with Crippen LogP contribution >= 0.6 is 0 Å². The smallest absolute Gasteiger partial charge is 0.320 e. The number of nitrogens with zero attached hydrogens (tertiary/aromatic N) is 1. The summed E-state index contributed by atoms with van der Waals surface area (Å²) in [5.41, 5.74) is 0. The molecule has 0 bridgehead atoms. The van der Waals surface area contributed by atoms with Gasteiger partial charge in [0.2, 0.25) is 0 Å². The third kappa shape index (κ3) is 4.19. The van der Waals surface area contributed by atoms with Crippen LogP contribution < -0.4 is 0 Å². The molecular weight excluding hydrogens is 290 g/mol. The van der Waals surface area contributed by atoms with E-state index < -0.39 is 21.8 Å². The lowest BCUT2D eigenvalue weighted by Gasteiger charge is -2.47. The summed E-state index contributed by atoms with van der Waals surface area (Å²) in [6.45, 7) is 2.23. The van der Waals surface area contributed by atoms with Crippen molar-refractivity contribution in [3.63, 3.8) is 0 Å². The average Bonchev–Trinajstić information content (AvgIpc) is 2.44. The van der Waals surface area contributed by atoms with Crippen LogP contribution in [0.15, 0.2) is 0 Å². The van der Waals surface area contributed by atoms with Crippen molar-refractivity contribution < 1.29 is 18.3 Å². The van der Waals surface area contributed by atoms with Gasteiger partial charge in [0.15, 0.2) is 9.84 Å². The van der Waals surface area contributed by atoms with E-state index in [-0.39, 0.29) is 17.5 Å². The van der Waals surface area contributed by atoms with Crippen molar-refractivity contribution in [3.8, 4) is 0 Å². The minimum absolute atomic E-state index is 0.0911. The number of carboxylic acid groups (broad SMARTS) is 1. The molecule has 2 fully saturated rings. The van der Waals surface area contributed by atoms with E-state index in [4.69, 9.17) is 0 Å². The summed E-state index contributed by atoms with van der Waals surface area (Å²) in [6.07, 6.45) is 6.78. The summed E-state index contributed by atoms with van der Waals surface area (Å²) in [5, 5.41) is 9.44. The highest BCUT2D eigenvalue weighted by Crippen LogP contribution is 2.37. The van der Waals surface area contributed by atoms with Crippen molar-refractivity contribution in [2.45, 2.75) is 64.0 Å². The second-order valence-electron chi connectivity index (χ2n) is 6.43. The Balaban J connectivity index is 2.07. The van der Waals surface area contributed by atoms with Gasteiger partial charge < -0.3 is 5.11 Å². The van der Waals surface area contributed by atoms with Gasteiger partial charge in [0.05, 0.1) is 5.75 Å². The van der Waals surface area contributed by atoms with Crippen LogP contribution in [0.1, 0.15) is 51.9 Å². The van der Waals surface area contributed by atoms with Gasteiger partial charge in [-0.25, -0.2) is 8.42 Å². The number of hydrogen-bond donors (Lipinski definition) is 1. The number of piperidine rings is 1. The van der Waals surface area contributed by atoms with E-state index in [1.54, 1.807) is 0 Å². The molecule has 0 amide bonds. The molecule has 3 atom stereocenters. The Bertz CT molecular complexity index is 462. The van der Waals surface area contributed by atoms with Crippen LogP contribution in [-0.4, -0.2) is 54.5 Å². The first-order valence-electron chi connectivity index (χ1n) is 8.13. The maximum absolute atomic E-state index is 11.9. The first kappa shape index (κ1) is 16.7. The van der Waals surface area contributed by atoms with E-state index in [9.17, 15) is 18.3 Å². The van der Waals surface area contributed by atoms with Gasteiger partial charge in [0.1, 0.15) is 6.04 Å². The van der Waals surface area contributed by atoms with Crippen LogP contribution in [0.4, 0.5) is 0 Å². The third-order valence-electron chi connectivity index (χ3n) is 4.97. The van der Waals surface area contributed by atoms with E-state index in [1.807, 2.05) is 11.8 Å². The molecule has 0 spiro atoms. The monoisotopic (exact) mass is 317 g/mol. The van der Waals surface area contributed by atoms with E-state index in [1.165, 1.54) is 6.42 Å². The van der Waals surface area contributed by atoms with Gasteiger partial charge in [0.25, 0.3) is 0 Å². The number of carbonyl (C=O) groups is 1. The molecule has 5 nitrogen and oxygen atoms in total. The molecule has 0 radical (unpaired) electrons. The molecule has 3 unspecified atom stereocenters. The molecule has 1 saturated carbocycles. The van der Waals surface area contributed by atoms with Gasteiger partial charge in [0, 0.05) is 18.3 Å². The minimum Gasteiger partial charge on any atom is -0.480 e. The maximum atomic E-state index is 11.9. The molecule has 0 aromatic rings. The first-order valence-corrected chi connectivity index (χ1v) is 9.95. The zero-order valence-electron chi connectivity index (χ0n) is 12.8. The van der Waals surface area contributed by atoms with Crippen LogP contribution in [0.5, 0.6) is 0 Å². The number of carboxylic acids is 1. The third-order valence-corrected chi connectivity index (χ3v) is 6.80. The van der Waals surface area contributed by atoms with Gasteiger partial charge >= 0.3 is 5.97 Å². The molecule has 1 aliphatic heterocycles. The summed E-state index contributed by atoms with van der Waals surface area (Å²) in [4.78, 5) is 13.5. The van der Waals surface area contributed by atoms with Crippen molar-refractivity contribution in [3.05, 3.63) is 0 Å². The number of fused-ring (bicyclic) bond motifs is 1. The van der Waals surface area contributed by atoms with Crippen LogP contribution in [0, 0.1) is 5.92 Å². The number of aliphatic carboxylic acids is 1. The zero-order chi connectivity index (χ0) is 15.5. The lowest BCUT2D eigenvalue weighted by atomic mass is 9.76. The summed E-state index contributed by atoms with van der Waals surface area (Å²) < 4.78 is 23.9. The van der Waals surface area contributed by atoms with Crippen molar-refractivity contribution in [2.24, 2.45) is 5.92 Å². The molecule has 1 aliphatic carbocycles. The fraction of sp³-hybridized carbons (Fsp3) is 0.933. The molecule has 1 N–H and O–H groups in total. The quantitative estimate of drug-likeness (QED) is 0.810. The highest BCUT2D eigenvalue weighted by atomic mass is 32.2. The molecule has 2 rings (SSSR count). The van der Waals surface area contributed by atoms with Crippen LogP contribution in [0.25, 0.3) is 0 Å². The van der Waals surface area contributed by atoms with Crippen LogP contribution in [0.2, 0.25) is 0 Å². The Hall–Kier alpha value is -0.620. The molecule has 122 valence electrons. The minimum atomic E-state index is -3.05. The van der Waals surface area contributed by atoms with Crippen LogP contribution in [0.3, 0.4) is 0 Å². The fourth-order valence-corrected chi connectivity index (χ4v) is 5.29. The van der Waals surface area contributed by atoms with E-state index >= 15 is 0 Å². The van der Waals surface area contributed by atoms with Gasteiger partial charge in [-0.3, -0.25) is 9.69 Å². The van der Waals surface area contributed by atoms with Gasteiger partial charge in [-0.2, -0.15) is 0 Å². The average molecular weight is 317 g/mol. The van der Waals surface area contributed by atoms with Crippen molar-refractivity contribution in [1.29, 1.82) is 0 Å².